The van der Waals surface area contributed by atoms with Crippen LogP contribution in [0.5, 0.6) is 0 Å². The molecule has 0 amide bonds. The van der Waals surface area contributed by atoms with E-state index in [0.29, 0.717) is 44.2 Å². The van der Waals surface area contributed by atoms with Gasteiger partial charge in [-0.25, -0.2) is 9.38 Å². The molecule has 0 unspecified atom stereocenters. The van der Waals surface area contributed by atoms with Crippen molar-refractivity contribution in [3.05, 3.63) is 29.6 Å². The third-order valence-electron chi connectivity index (χ3n) is 4.50. The first-order chi connectivity index (χ1) is 11.7. The van der Waals surface area contributed by atoms with Crippen LogP contribution in [0, 0.1) is 5.82 Å². The van der Waals surface area contributed by atoms with Gasteiger partial charge in [-0.2, -0.15) is 0 Å². The molecule has 3 rings (SSSR count). The molecule has 140 valence electrons. The Morgan fingerprint density at radius 3 is 2.60 bits per heavy atom. The van der Waals surface area contributed by atoms with E-state index in [9.17, 15) is 9.50 Å². The number of guanidine groups is 1. The van der Waals surface area contributed by atoms with Gasteiger partial charge in [0.05, 0.1) is 18.3 Å². The lowest BCUT2D eigenvalue weighted by Gasteiger charge is -2.31. The maximum atomic E-state index is 14.4. The minimum Gasteiger partial charge on any atom is -0.393 e. The zero-order chi connectivity index (χ0) is 16.9. The lowest BCUT2D eigenvalue weighted by atomic mass is 10.1. The molecule has 1 aromatic carbocycles. The summed E-state index contributed by atoms with van der Waals surface area (Å²) >= 11 is 0. The fourth-order valence-corrected chi connectivity index (χ4v) is 2.92. The van der Waals surface area contributed by atoms with E-state index in [2.05, 4.69) is 15.6 Å². The summed E-state index contributed by atoms with van der Waals surface area (Å²) in [5.41, 5.74) is 1.49. The van der Waals surface area contributed by atoms with E-state index < -0.39 is 0 Å². The number of nitrogens with one attached hydrogen (secondary N) is 2. The Balaban J connectivity index is 0.00000225. The smallest absolute Gasteiger partial charge is 0.191 e. The molecule has 25 heavy (non-hydrogen) atoms. The van der Waals surface area contributed by atoms with Crippen LogP contribution in [0.15, 0.2) is 23.2 Å². The van der Waals surface area contributed by atoms with Crippen molar-refractivity contribution in [1.29, 1.82) is 0 Å². The normalized spacial score (nSPS) is 18.7. The summed E-state index contributed by atoms with van der Waals surface area (Å²) in [6, 6.07) is 5.88. The first-order valence-electron chi connectivity index (χ1n) is 8.92. The second-order valence-corrected chi connectivity index (χ2v) is 6.62. The number of aliphatic hydroxyl groups is 1. The van der Waals surface area contributed by atoms with E-state index in [4.69, 9.17) is 0 Å². The van der Waals surface area contributed by atoms with Gasteiger partial charge in [0.15, 0.2) is 5.96 Å². The third kappa shape index (κ3) is 5.99. The molecule has 2 fully saturated rings. The van der Waals surface area contributed by atoms with E-state index in [0.717, 1.165) is 18.1 Å². The van der Waals surface area contributed by atoms with E-state index in [-0.39, 0.29) is 35.9 Å². The summed E-state index contributed by atoms with van der Waals surface area (Å²) in [6.45, 7) is 4.70. The quantitative estimate of drug-likeness (QED) is 0.358. The van der Waals surface area contributed by atoms with Crippen LogP contribution in [0.4, 0.5) is 10.1 Å². The molecule has 1 saturated heterocycles. The zero-order valence-electron chi connectivity index (χ0n) is 14.7. The predicted molar refractivity (Wildman–Crippen MR) is 110 cm³/mol. The number of nitrogens with zero attached hydrogens (tertiary/aromatic N) is 2. The highest BCUT2D eigenvalue weighted by atomic mass is 127. The molecule has 0 aromatic heterocycles. The fraction of sp³-hybridized carbons (Fsp3) is 0.611. The van der Waals surface area contributed by atoms with Crippen LogP contribution < -0.4 is 15.5 Å². The van der Waals surface area contributed by atoms with Gasteiger partial charge in [-0.1, -0.05) is 6.07 Å². The van der Waals surface area contributed by atoms with E-state index in [1.165, 1.54) is 12.8 Å². The fourth-order valence-electron chi connectivity index (χ4n) is 2.92. The minimum absolute atomic E-state index is 0. The number of piperidine rings is 1. The molecule has 7 heteroatoms. The Morgan fingerprint density at radius 1 is 1.28 bits per heavy atom. The van der Waals surface area contributed by atoms with Crippen LogP contribution in [0.25, 0.3) is 0 Å². The molecule has 1 aromatic rings. The molecular formula is C18H28FIN4O. The van der Waals surface area contributed by atoms with Crippen molar-refractivity contribution in [1.82, 2.24) is 10.6 Å². The van der Waals surface area contributed by atoms with E-state index >= 15 is 0 Å². The molecule has 1 saturated carbocycles. The highest BCUT2D eigenvalue weighted by Gasteiger charge is 2.22. The number of aliphatic imine (C=N–C) groups is 1. The van der Waals surface area contributed by atoms with E-state index in [1.807, 2.05) is 24.0 Å². The Kier molecular flexibility index (Phi) is 7.74. The molecule has 5 nitrogen and oxygen atoms in total. The van der Waals surface area contributed by atoms with Crippen molar-refractivity contribution >= 4 is 35.6 Å². The van der Waals surface area contributed by atoms with Crippen LogP contribution in [0.1, 0.15) is 38.2 Å². The van der Waals surface area contributed by atoms with Crippen molar-refractivity contribution in [2.24, 2.45) is 4.99 Å². The maximum Gasteiger partial charge on any atom is 0.191 e. The molecular weight excluding hydrogens is 434 g/mol. The summed E-state index contributed by atoms with van der Waals surface area (Å²) in [5.74, 6) is 0.591. The second-order valence-electron chi connectivity index (χ2n) is 6.62. The Labute approximate surface area is 166 Å². The molecule has 0 bridgehead atoms. The summed E-state index contributed by atoms with van der Waals surface area (Å²) in [6.07, 6.45) is 3.53. The number of hydrogen-bond acceptors (Lipinski definition) is 3. The van der Waals surface area contributed by atoms with Crippen LogP contribution in [0.3, 0.4) is 0 Å². The van der Waals surface area contributed by atoms with Crippen molar-refractivity contribution in [2.45, 2.75) is 51.3 Å². The Hall–Kier alpha value is -1.09. The van der Waals surface area contributed by atoms with Crippen LogP contribution >= 0.6 is 24.0 Å². The average molecular weight is 462 g/mol. The molecule has 1 aliphatic heterocycles. The molecule has 1 heterocycles. The number of anilines is 1. The molecule has 1 aliphatic carbocycles. The van der Waals surface area contributed by atoms with Gasteiger partial charge in [-0.15, -0.1) is 24.0 Å². The zero-order valence-corrected chi connectivity index (χ0v) is 17.0. The molecule has 0 radical (unpaired) electrons. The van der Waals surface area contributed by atoms with Gasteiger partial charge in [0.25, 0.3) is 0 Å². The highest BCUT2D eigenvalue weighted by molar-refractivity contribution is 14.0. The van der Waals surface area contributed by atoms with Crippen molar-refractivity contribution in [3.63, 3.8) is 0 Å². The Morgan fingerprint density at radius 2 is 2.00 bits per heavy atom. The third-order valence-corrected chi connectivity index (χ3v) is 4.50. The van der Waals surface area contributed by atoms with Gasteiger partial charge in [-0.05, 0) is 50.3 Å². The van der Waals surface area contributed by atoms with Crippen LogP contribution in [-0.2, 0) is 6.54 Å². The molecule has 0 spiro atoms. The SMILES string of the molecule is CCNC(=NCc1ccc(N2CCC(O)CC2)c(F)c1)NC1CC1.I. The number of halogens is 2. The molecule has 2 aliphatic rings. The van der Waals surface area contributed by atoms with Gasteiger partial charge < -0.3 is 20.6 Å². The summed E-state index contributed by atoms with van der Waals surface area (Å²) < 4.78 is 14.4. The largest absolute Gasteiger partial charge is 0.393 e. The van der Waals surface area contributed by atoms with Crippen molar-refractivity contribution in [3.8, 4) is 0 Å². The minimum atomic E-state index is -0.249. The van der Waals surface area contributed by atoms with Gasteiger partial charge in [0.1, 0.15) is 5.82 Å². The highest BCUT2D eigenvalue weighted by Crippen LogP contribution is 2.24. The summed E-state index contributed by atoms with van der Waals surface area (Å²) in [7, 11) is 0. The van der Waals surface area contributed by atoms with Crippen molar-refractivity contribution in [2.75, 3.05) is 24.5 Å². The van der Waals surface area contributed by atoms with Crippen molar-refractivity contribution < 1.29 is 9.50 Å². The number of rotatable bonds is 5. The number of aliphatic hydroxyl groups excluding tert-OH is 1. The first-order valence-corrected chi connectivity index (χ1v) is 8.92. The average Bonchev–Trinajstić information content (AvgIpc) is 3.38. The van der Waals surface area contributed by atoms with Gasteiger partial charge >= 0.3 is 0 Å². The summed E-state index contributed by atoms with van der Waals surface area (Å²) in [5, 5.41) is 16.1. The monoisotopic (exact) mass is 462 g/mol. The first kappa shape index (κ1) is 20.2. The lowest BCUT2D eigenvalue weighted by molar-refractivity contribution is 0.145. The number of hydrogen-bond donors (Lipinski definition) is 3. The van der Waals surface area contributed by atoms with Crippen LogP contribution in [0.2, 0.25) is 0 Å². The lowest BCUT2D eigenvalue weighted by Crippen LogP contribution is -2.38. The van der Waals surface area contributed by atoms with Gasteiger partial charge in [0.2, 0.25) is 0 Å². The topological polar surface area (TPSA) is 59.9 Å². The second kappa shape index (κ2) is 9.56. The molecule has 3 N–H and O–H groups in total. The number of benzene rings is 1. The van der Waals surface area contributed by atoms with Gasteiger partial charge in [0, 0.05) is 25.7 Å². The predicted octanol–water partition coefficient (Wildman–Crippen LogP) is 2.62. The molecule has 0 atom stereocenters. The van der Waals surface area contributed by atoms with Crippen LogP contribution in [-0.4, -0.2) is 42.8 Å². The maximum absolute atomic E-state index is 14.4. The van der Waals surface area contributed by atoms with Gasteiger partial charge in [-0.3, -0.25) is 0 Å². The van der Waals surface area contributed by atoms with E-state index in [1.54, 1.807) is 6.07 Å². The summed E-state index contributed by atoms with van der Waals surface area (Å²) in [4.78, 5) is 6.55. The standard InChI is InChI=1S/C18H27FN4O.HI/c1-2-20-18(22-14-4-5-14)21-12-13-3-6-17(16(19)11-13)23-9-7-15(24)8-10-23;/h3,6,11,14-15,24H,2,4-5,7-10,12H2,1H3,(H2,20,21,22);1H. The Bertz CT molecular complexity index is 586.